The Labute approximate surface area is 197 Å². The van der Waals surface area contributed by atoms with Gasteiger partial charge in [0.05, 0.1) is 7.05 Å². The van der Waals surface area contributed by atoms with Crippen LogP contribution in [0.5, 0.6) is 0 Å². The van der Waals surface area contributed by atoms with E-state index in [9.17, 15) is 0 Å². The van der Waals surface area contributed by atoms with Crippen molar-refractivity contribution in [3.63, 3.8) is 0 Å². The van der Waals surface area contributed by atoms with Crippen LogP contribution in [0, 0.1) is 6.92 Å². The summed E-state index contributed by atoms with van der Waals surface area (Å²) in [4.78, 5) is 0. The average molecular weight is 476 g/mol. The number of nitrogens with zero attached hydrogens (tertiary/aromatic N) is 1. The van der Waals surface area contributed by atoms with Gasteiger partial charge in [0.25, 0.3) is 0 Å². The van der Waals surface area contributed by atoms with E-state index in [0.717, 1.165) is 21.9 Å². The van der Waals surface area contributed by atoms with Crippen molar-refractivity contribution in [1.29, 1.82) is 0 Å². The van der Waals surface area contributed by atoms with Crippen LogP contribution in [0.2, 0.25) is 0 Å². The minimum atomic E-state index is -2.20. The zero-order valence-corrected chi connectivity index (χ0v) is 21.9. The predicted molar refractivity (Wildman–Crippen MR) is 132 cm³/mol. The molecule has 0 bridgehead atoms. The largest absolute Gasteiger partial charge is 0.455 e. The number of hydrogen-bond acceptors (Lipinski definition) is 2. The molecule has 5 rings (SSSR count). The quantitative estimate of drug-likeness (QED) is 0.165. The monoisotopic (exact) mass is 474 g/mol. The maximum atomic E-state index is 6.40. The van der Waals surface area contributed by atoms with Crippen LogP contribution < -0.4 is 15.9 Å². The first-order chi connectivity index (χ1) is 14.8. The van der Waals surface area contributed by atoms with Gasteiger partial charge in [-0.25, -0.2) is 0 Å². The molecule has 4 aromatic carbocycles. The second-order valence-corrected chi connectivity index (χ2v) is 9.94. The fraction of sp³-hybridized carbons (Fsp3) is 0.0741. The average Bonchev–Trinajstić information content (AvgIpc) is 3.22. The Balaban J connectivity index is 0.000000883. The SMILES string of the molecule is CN=P(c1ccccc1)(c1ccccc1)c1cccc2c1oc1ccccc12.[CH2-]C.[Zn]. The first-order valence-corrected chi connectivity index (χ1v) is 11.8. The number of para-hydroxylation sites is 2. The summed E-state index contributed by atoms with van der Waals surface area (Å²) in [5.41, 5.74) is 1.86. The van der Waals surface area contributed by atoms with Crippen molar-refractivity contribution >= 4 is 44.9 Å². The number of hydrogen-bond donors (Lipinski definition) is 0. The fourth-order valence-corrected chi connectivity index (χ4v) is 7.54. The van der Waals surface area contributed by atoms with Gasteiger partial charge in [-0.3, -0.25) is 4.74 Å². The molecule has 0 saturated heterocycles. The van der Waals surface area contributed by atoms with Gasteiger partial charge < -0.3 is 11.3 Å². The number of furan rings is 1. The maximum Gasteiger partial charge on any atom is 0.145 e. The molecular weight excluding hydrogens is 451 g/mol. The third-order valence-corrected chi connectivity index (χ3v) is 9.03. The molecule has 0 radical (unpaired) electrons. The van der Waals surface area contributed by atoms with Crippen LogP contribution in [-0.4, -0.2) is 7.05 Å². The number of rotatable bonds is 3. The van der Waals surface area contributed by atoms with Crippen molar-refractivity contribution < 1.29 is 23.9 Å². The molecule has 0 saturated carbocycles. The molecule has 1 heterocycles. The van der Waals surface area contributed by atoms with E-state index < -0.39 is 7.05 Å². The van der Waals surface area contributed by atoms with Crippen LogP contribution in [0.3, 0.4) is 0 Å². The molecule has 5 aromatic rings. The first-order valence-electron chi connectivity index (χ1n) is 10.1. The van der Waals surface area contributed by atoms with E-state index in [1.807, 2.05) is 19.2 Å². The summed E-state index contributed by atoms with van der Waals surface area (Å²) in [7, 11) is -0.264. The Morgan fingerprint density at radius 2 is 1.16 bits per heavy atom. The fourth-order valence-electron chi connectivity index (χ4n) is 4.04. The summed E-state index contributed by atoms with van der Waals surface area (Å²) in [6, 6.07) is 35.9. The Bertz CT molecular complexity index is 1280. The molecule has 2 nitrogen and oxygen atoms in total. The second-order valence-electron chi connectivity index (χ2n) is 6.76. The summed E-state index contributed by atoms with van der Waals surface area (Å²) in [6.07, 6.45) is 0. The summed E-state index contributed by atoms with van der Waals surface area (Å²) in [5.74, 6) is 0. The van der Waals surface area contributed by atoms with E-state index in [0.29, 0.717) is 0 Å². The van der Waals surface area contributed by atoms with E-state index in [2.05, 4.69) is 97.9 Å². The molecule has 1 aromatic heterocycles. The molecule has 152 valence electrons. The van der Waals surface area contributed by atoms with E-state index in [1.165, 1.54) is 15.9 Å². The minimum absolute atomic E-state index is 0. The minimum Gasteiger partial charge on any atom is -0.455 e. The van der Waals surface area contributed by atoms with E-state index >= 15 is 0 Å². The van der Waals surface area contributed by atoms with Gasteiger partial charge in [0.1, 0.15) is 11.2 Å². The molecule has 0 fully saturated rings. The Morgan fingerprint density at radius 3 is 1.74 bits per heavy atom. The molecule has 0 atom stereocenters. The molecule has 0 unspecified atom stereocenters. The van der Waals surface area contributed by atoms with Crippen molar-refractivity contribution in [3.05, 3.63) is 110 Å². The van der Waals surface area contributed by atoms with Crippen LogP contribution in [0.1, 0.15) is 6.92 Å². The summed E-state index contributed by atoms with van der Waals surface area (Å²) in [5, 5.41) is 5.93. The topological polar surface area (TPSA) is 25.5 Å². The van der Waals surface area contributed by atoms with Crippen molar-refractivity contribution in [2.75, 3.05) is 7.05 Å². The summed E-state index contributed by atoms with van der Waals surface area (Å²) in [6.45, 7) is 5.00. The van der Waals surface area contributed by atoms with Gasteiger partial charge in [0.15, 0.2) is 0 Å². The van der Waals surface area contributed by atoms with Gasteiger partial charge in [-0.05, 0) is 12.1 Å². The van der Waals surface area contributed by atoms with Crippen molar-refractivity contribution in [2.24, 2.45) is 4.74 Å². The van der Waals surface area contributed by atoms with Gasteiger partial charge in [-0.1, -0.05) is 91.0 Å². The first kappa shape index (κ1) is 23.2. The normalized spacial score (nSPS) is 10.8. The summed E-state index contributed by atoms with van der Waals surface area (Å²) >= 11 is 0. The smallest absolute Gasteiger partial charge is 0.145 e. The van der Waals surface area contributed by atoms with Gasteiger partial charge >= 0.3 is 0 Å². The zero-order valence-electron chi connectivity index (χ0n) is 18.0. The van der Waals surface area contributed by atoms with E-state index in [4.69, 9.17) is 9.16 Å². The molecule has 0 spiro atoms. The van der Waals surface area contributed by atoms with Gasteiger partial charge in [0, 0.05) is 53.2 Å². The summed E-state index contributed by atoms with van der Waals surface area (Å²) < 4.78 is 11.5. The second kappa shape index (κ2) is 10.2. The molecule has 0 amide bonds. The molecule has 0 N–H and O–H groups in total. The van der Waals surface area contributed by atoms with Crippen molar-refractivity contribution in [1.82, 2.24) is 0 Å². The van der Waals surface area contributed by atoms with Gasteiger partial charge in [-0.2, -0.15) is 6.92 Å². The zero-order chi connectivity index (χ0) is 21.0. The van der Waals surface area contributed by atoms with Gasteiger partial charge in [0.2, 0.25) is 0 Å². The molecular formula is C27H25NOPZn-. The van der Waals surface area contributed by atoms with Crippen LogP contribution >= 0.6 is 7.05 Å². The van der Waals surface area contributed by atoms with Crippen molar-refractivity contribution in [3.8, 4) is 0 Å². The Morgan fingerprint density at radius 1 is 0.645 bits per heavy atom. The Hall–Kier alpha value is -2.47. The van der Waals surface area contributed by atoms with Crippen LogP contribution in [0.4, 0.5) is 0 Å². The third-order valence-electron chi connectivity index (χ3n) is 5.29. The van der Waals surface area contributed by atoms with Crippen LogP contribution in [-0.2, 0) is 19.5 Å². The maximum absolute atomic E-state index is 6.40. The standard InChI is InChI=1S/C25H20NOP.C2H5.Zn/c1-26-28(19-11-4-2-5-12-19,20-13-6-3-7-14-20)24-18-10-16-22-21-15-8-9-17-23(21)27-25(22)24;1-2;/h2-18H,1H3;1H2,2H3;/q;-1;. The molecule has 0 aliphatic heterocycles. The van der Waals surface area contributed by atoms with Crippen molar-refractivity contribution in [2.45, 2.75) is 6.92 Å². The third kappa shape index (κ3) is 3.94. The van der Waals surface area contributed by atoms with E-state index in [1.54, 1.807) is 6.92 Å². The molecule has 4 heteroatoms. The molecule has 0 aliphatic carbocycles. The van der Waals surface area contributed by atoms with Crippen LogP contribution in [0.25, 0.3) is 21.9 Å². The van der Waals surface area contributed by atoms with E-state index in [-0.39, 0.29) is 19.5 Å². The predicted octanol–water partition coefficient (Wildman–Crippen LogP) is 6.53. The molecule has 31 heavy (non-hydrogen) atoms. The van der Waals surface area contributed by atoms with Crippen LogP contribution in [0.15, 0.2) is 112 Å². The molecule has 0 aliphatic rings. The van der Waals surface area contributed by atoms with Gasteiger partial charge in [-0.15, -0.1) is 0 Å². The number of benzene rings is 4. The number of fused-ring (bicyclic) bond motifs is 3. The Kier molecular flexibility index (Phi) is 7.66.